The van der Waals surface area contributed by atoms with Crippen molar-refractivity contribution in [1.29, 1.82) is 0 Å². The van der Waals surface area contributed by atoms with Gasteiger partial charge in [0, 0.05) is 17.2 Å². The van der Waals surface area contributed by atoms with Crippen LogP contribution in [0.25, 0.3) is 11.3 Å². The Bertz CT molecular complexity index is 878. The highest BCUT2D eigenvalue weighted by Gasteiger charge is 2.28. The fraction of sp³-hybridized carbons (Fsp3) is 0.211. The van der Waals surface area contributed by atoms with Gasteiger partial charge in [-0.05, 0) is 44.0 Å². The van der Waals surface area contributed by atoms with Gasteiger partial charge in [-0.3, -0.25) is 4.79 Å². The molecule has 1 unspecified atom stereocenters. The van der Waals surface area contributed by atoms with Crippen LogP contribution in [0.4, 0.5) is 5.69 Å². The first-order chi connectivity index (χ1) is 12.3. The molecule has 6 heteroatoms. The highest BCUT2D eigenvalue weighted by molar-refractivity contribution is 5.84. The van der Waals surface area contributed by atoms with Crippen molar-refractivity contribution in [2.45, 2.75) is 25.8 Å². The van der Waals surface area contributed by atoms with Crippen molar-refractivity contribution in [3.05, 3.63) is 54.2 Å². The summed E-state index contributed by atoms with van der Waals surface area (Å²) in [6.45, 7) is 2.06. The first-order valence-corrected chi connectivity index (χ1v) is 8.26. The molecule has 1 atom stereocenters. The van der Waals surface area contributed by atoms with Crippen molar-refractivity contribution >= 4 is 12.1 Å². The number of aromatic amines is 1. The number of amides is 1. The lowest BCUT2D eigenvalue weighted by Crippen LogP contribution is -2.36. The molecule has 25 heavy (non-hydrogen) atoms. The summed E-state index contributed by atoms with van der Waals surface area (Å²) in [7, 11) is 0. The predicted molar refractivity (Wildman–Crippen MR) is 94.7 cm³/mol. The highest BCUT2D eigenvalue weighted by Crippen LogP contribution is 2.43. The number of hydrogen-bond acceptors (Lipinski definition) is 4. The van der Waals surface area contributed by atoms with Crippen LogP contribution >= 0.6 is 0 Å². The van der Waals surface area contributed by atoms with Crippen molar-refractivity contribution in [3.63, 3.8) is 0 Å². The number of H-pyrrole nitrogens is 1. The molecular formula is C19H18N4O2. The Labute approximate surface area is 145 Å². The number of nitrogens with one attached hydrogen (secondary N) is 1. The van der Waals surface area contributed by atoms with Crippen molar-refractivity contribution in [2.75, 3.05) is 4.90 Å². The van der Waals surface area contributed by atoms with Crippen LogP contribution < -0.4 is 9.64 Å². The number of carbonyl (C=O) groups is 1. The largest absolute Gasteiger partial charge is 0.456 e. The van der Waals surface area contributed by atoms with Crippen molar-refractivity contribution in [2.24, 2.45) is 0 Å². The van der Waals surface area contributed by atoms with E-state index >= 15 is 0 Å². The molecule has 1 aromatic heterocycles. The van der Waals surface area contributed by atoms with E-state index < -0.39 is 0 Å². The molecule has 3 aromatic rings. The lowest BCUT2D eigenvalue weighted by atomic mass is 9.93. The Hall–Kier alpha value is -3.15. The number of hydrogen-bond donors (Lipinski definition) is 1. The van der Waals surface area contributed by atoms with Crippen molar-refractivity contribution < 1.29 is 9.53 Å². The number of aromatic nitrogens is 3. The number of ether oxygens (including phenoxy) is 1. The molecule has 1 amide bonds. The molecule has 0 fully saturated rings. The molecule has 2 heterocycles. The Morgan fingerprint density at radius 2 is 2.08 bits per heavy atom. The SMILES string of the molecule is CC1CCc2c(ccc(-c3cn[nH]n3)c2Oc2ccccc2)N1C=O. The van der Waals surface area contributed by atoms with Gasteiger partial charge in [-0.2, -0.15) is 15.4 Å². The second-order valence-electron chi connectivity index (χ2n) is 6.11. The Kier molecular flexibility index (Phi) is 3.93. The van der Waals surface area contributed by atoms with Crippen LogP contribution in [-0.2, 0) is 11.2 Å². The quantitative estimate of drug-likeness (QED) is 0.741. The molecule has 0 spiro atoms. The number of carbonyl (C=O) groups excluding carboxylic acids is 1. The molecular weight excluding hydrogens is 316 g/mol. The summed E-state index contributed by atoms with van der Waals surface area (Å²) >= 11 is 0. The monoisotopic (exact) mass is 334 g/mol. The van der Waals surface area contributed by atoms with Crippen LogP contribution in [0.3, 0.4) is 0 Å². The summed E-state index contributed by atoms with van der Waals surface area (Å²) in [4.78, 5) is 13.3. The summed E-state index contributed by atoms with van der Waals surface area (Å²) in [5.41, 5.74) is 3.49. The molecule has 6 nitrogen and oxygen atoms in total. The average Bonchev–Trinajstić information content (AvgIpc) is 3.17. The summed E-state index contributed by atoms with van der Waals surface area (Å²) in [5, 5.41) is 10.7. The van der Waals surface area contributed by atoms with Crippen LogP contribution in [0.5, 0.6) is 11.5 Å². The van der Waals surface area contributed by atoms with Gasteiger partial charge in [-0.25, -0.2) is 0 Å². The zero-order valence-electron chi connectivity index (χ0n) is 13.8. The number of para-hydroxylation sites is 1. The first-order valence-electron chi connectivity index (χ1n) is 8.26. The third-order valence-corrected chi connectivity index (χ3v) is 4.57. The molecule has 0 aliphatic carbocycles. The van der Waals surface area contributed by atoms with E-state index in [2.05, 4.69) is 22.3 Å². The van der Waals surface area contributed by atoms with E-state index in [4.69, 9.17) is 4.74 Å². The van der Waals surface area contributed by atoms with Crippen LogP contribution in [-0.4, -0.2) is 27.9 Å². The molecule has 1 N–H and O–H groups in total. The summed E-state index contributed by atoms with van der Waals surface area (Å²) in [6.07, 6.45) is 4.29. The molecule has 0 radical (unpaired) electrons. The topological polar surface area (TPSA) is 71.1 Å². The fourth-order valence-electron chi connectivity index (χ4n) is 3.25. The number of anilines is 1. The van der Waals surface area contributed by atoms with E-state index in [0.717, 1.165) is 47.6 Å². The molecule has 0 saturated heterocycles. The number of rotatable bonds is 4. The highest BCUT2D eigenvalue weighted by atomic mass is 16.5. The van der Waals surface area contributed by atoms with Gasteiger partial charge in [-0.15, -0.1) is 0 Å². The number of fused-ring (bicyclic) bond motifs is 1. The van der Waals surface area contributed by atoms with E-state index in [0.29, 0.717) is 5.69 Å². The molecule has 126 valence electrons. The molecule has 2 aromatic carbocycles. The van der Waals surface area contributed by atoms with E-state index in [1.54, 1.807) is 11.1 Å². The minimum Gasteiger partial charge on any atom is -0.456 e. The van der Waals surface area contributed by atoms with Gasteiger partial charge in [0.15, 0.2) is 0 Å². The van der Waals surface area contributed by atoms with Gasteiger partial charge >= 0.3 is 0 Å². The van der Waals surface area contributed by atoms with Crippen LogP contribution in [0.15, 0.2) is 48.7 Å². The number of benzene rings is 2. The standard InChI is InChI=1S/C19H18N4O2/c1-13-7-8-16-18(23(13)12-24)10-9-15(17-11-20-22-21-17)19(16)25-14-5-3-2-4-6-14/h2-6,9-13H,7-8H2,1H3,(H,20,21,22). The van der Waals surface area contributed by atoms with Crippen LogP contribution in [0, 0.1) is 0 Å². The van der Waals surface area contributed by atoms with E-state index in [1.807, 2.05) is 42.5 Å². The average molecular weight is 334 g/mol. The summed E-state index contributed by atoms with van der Waals surface area (Å²) in [5.74, 6) is 1.48. The fourth-order valence-corrected chi connectivity index (χ4v) is 3.25. The van der Waals surface area contributed by atoms with E-state index in [1.165, 1.54) is 0 Å². The van der Waals surface area contributed by atoms with Gasteiger partial charge in [0.25, 0.3) is 0 Å². The maximum absolute atomic E-state index is 11.6. The zero-order chi connectivity index (χ0) is 17.2. The van der Waals surface area contributed by atoms with Crippen molar-refractivity contribution in [3.8, 4) is 22.8 Å². The van der Waals surface area contributed by atoms with E-state index in [9.17, 15) is 4.79 Å². The van der Waals surface area contributed by atoms with Crippen molar-refractivity contribution in [1.82, 2.24) is 15.4 Å². The molecule has 1 aliphatic heterocycles. The second kappa shape index (κ2) is 6.39. The molecule has 1 aliphatic rings. The first kappa shape index (κ1) is 15.4. The minimum absolute atomic E-state index is 0.174. The number of nitrogens with zero attached hydrogens (tertiary/aromatic N) is 3. The van der Waals surface area contributed by atoms with Gasteiger partial charge in [0.05, 0.1) is 11.9 Å². The Morgan fingerprint density at radius 1 is 1.24 bits per heavy atom. The maximum atomic E-state index is 11.6. The summed E-state index contributed by atoms with van der Waals surface area (Å²) in [6, 6.07) is 13.7. The zero-order valence-corrected chi connectivity index (χ0v) is 13.8. The molecule has 0 saturated carbocycles. The third kappa shape index (κ3) is 2.76. The molecule has 0 bridgehead atoms. The van der Waals surface area contributed by atoms with Crippen LogP contribution in [0.1, 0.15) is 18.9 Å². The maximum Gasteiger partial charge on any atom is 0.214 e. The van der Waals surface area contributed by atoms with Gasteiger partial charge < -0.3 is 9.64 Å². The summed E-state index contributed by atoms with van der Waals surface area (Å²) < 4.78 is 6.24. The smallest absolute Gasteiger partial charge is 0.214 e. The van der Waals surface area contributed by atoms with Crippen LogP contribution in [0.2, 0.25) is 0 Å². The normalized spacial score (nSPS) is 16.4. The van der Waals surface area contributed by atoms with Gasteiger partial charge in [0.2, 0.25) is 6.41 Å². The lowest BCUT2D eigenvalue weighted by molar-refractivity contribution is -0.107. The molecule has 4 rings (SSSR count). The second-order valence-corrected chi connectivity index (χ2v) is 6.11. The van der Waals surface area contributed by atoms with E-state index in [-0.39, 0.29) is 6.04 Å². The van der Waals surface area contributed by atoms with Gasteiger partial charge in [0.1, 0.15) is 17.2 Å². The van der Waals surface area contributed by atoms with Gasteiger partial charge in [-0.1, -0.05) is 18.2 Å². The lowest BCUT2D eigenvalue weighted by Gasteiger charge is -2.33. The minimum atomic E-state index is 0.174. The Balaban J connectivity index is 1.88. The predicted octanol–water partition coefficient (Wildman–Crippen LogP) is 3.56. The Morgan fingerprint density at radius 3 is 2.80 bits per heavy atom. The third-order valence-electron chi connectivity index (χ3n) is 4.57.